The van der Waals surface area contributed by atoms with E-state index >= 15 is 0 Å². The van der Waals surface area contributed by atoms with Crippen molar-refractivity contribution in [3.63, 3.8) is 0 Å². The number of nitrogens with one attached hydrogen (secondary N) is 3. The van der Waals surface area contributed by atoms with E-state index in [0.29, 0.717) is 23.0 Å². The molecule has 2 atom stereocenters. The molecule has 1 aliphatic carbocycles. The smallest absolute Gasteiger partial charge is 0.243 e. The zero-order valence-corrected chi connectivity index (χ0v) is 22.7. The summed E-state index contributed by atoms with van der Waals surface area (Å²) in [5.41, 5.74) is 1.46. The Morgan fingerprint density at radius 1 is 1.26 bits per heavy atom. The van der Waals surface area contributed by atoms with Crippen LogP contribution in [0.4, 0.5) is 10.3 Å². The molecule has 1 aromatic carbocycles. The fraction of sp³-hybridized carbons (Fsp3) is 0.630. The van der Waals surface area contributed by atoms with E-state index in [9.17, 15) is 9.18 Å². The van der Waals surface area contributed by atoms with Crippen LogP contribution in [0.5, 0.6) is 0 Å². The maximum Gasteiger partial charge on any atom is 0.243 e. The summed E-state index contributed by atoms with van der Waals surface area (Å²) in [6.07, 6.45) is 7.57. The minimum absolute atomic E-state index is 0.153. The molecule has 1 heterocycles. The molecular weight excluding hydrogens is 465 g/mol. The second kappa shape index (κ2) is 11.4. The van der Waals surface area contributed by atoms with Crippen LogP contribution in [0.15, 0.2) is 24.5 Å². The highest BCUT2D eigenvalue weighted by Crippen LogP contribution is 2.34. The number of aromatic nitrogens is 2. The van der Waals surface area contributed by atoms with Gasteiger partial charge in [-0.2, -0.15) is 0 Å². The number of carbonyl (C=O) groups is 1. The third-order valence-electron chi connectivity index (χ3n) is 6.50. The Balaban J connectivity index is 1.73. The molecule has 0 fully saturated rings. The Morgan fingerprint density at radius 2 is 2.00 bits per heavy atom. The number of carbonyl (C=O) groups excluding carboxylic acids is 1. The fourth-order valence-electron chi connectivity index (χ4n) is 4.77. The number of hydrogen-bond acceptors (Lipinski definition) is 4. The van der Waals surface area contributed by atoms with Gasteiger partial charge in [0.1, 0.15) is 5.82 Å². The summed E-state index contributed by atoms with van der Waals surface area (Å²) in [5, 5.41) is 10.4. The molecule has 1 amide bonds. The first-order chi connectivity index (χ1) is 16.4. The first kappa shape index (κ1) is 27.6. The first-order valence-corrected chi connectivity index (χ1v) is 13.1. The van der Waals surface area contributed by atoms with Crippen LogP contribution in [0, 0.1) is 11.2 Å². The third-order valence-corrected chi connectivity index (χ3v) is 6.72. The van der Waals surface area contributed by atoms with E-state index < -0.39 is 6.04 Å². The van der Waals surface area contributed by atoms with Crippen molar-refractivity contribution < 1.29 is 9.18 Å². The zero-order valence-electron chi connectivity index (χ0n) is 22.0. The maximum atomic E-state index is 14.8. The minimum atomic E-state index is -0.460. The number of fused-ring (bicyclic) bond motifs is 1. The van der Waals surface area contributed by atoms with Crippen LogP contribution >= 0.6 is 11.6 Å². The van der Waals surface area contributed by atoms with Crippen LogP contribution < -0.4 is 16.0 Å². The summed E-state index contributed by atoms with van der Waals surface area (Å²) in [7, 11) is 0. The normalized spacial score (nSPS) is 17.2. The molecule has 0 unspecified atom stereocenters. The molecule has 6 nitrogen and oxygen atoms in total. The summed E-state index contributed by atoms with van der Waals surface area (Å²) < 4.78 is 16.8. The summed E-state index contributed by atoms with van der Waals surface area (Å²) >= 11 is 6.08. The van der Waals surface area contributed by atoms with E-state index in [4.69, 9.17) is 11.6 Å². The van der Waals surface area contributed by atoms with Crippen LogP contribution in [-0.2, 0) is 16.8 Å². The van der Waals surface area contributed by atoms with Crippen molar-refractivity contribution in [1.82, 2.24) is 20.2 Å². The topological polar surface area (TPSA) is 71.0 Å². The Morgan fingerprint density at radius 3 is 2.69 bits per heavy atom. The highest BCUT2D eigenvalue weighted by molar-refractivity contribution is 6.30. The maximum absolute atomic E-state index is 14.8. The molecule has 2 aromatic rings. The predicted molar refractivity (Wildman–Crippen MR) is 141 cm³/mol. The van der Waals surface area contributed by atoms with Crippen molar-refractivity contribution in [3.05, 3.63) is 46.5 Å². The predicted octanol–water partition coefficient (Wildman–Crippen LogP) is 5.82. The molecule has 1 aromatic heterocycles. The Hall–Kier alpha value is -1.96. The second-order valence-electron chi connectivity index (χ2n) is 11.5. The van der Waals surface area contributed by atoms with E-state index in [2.05, 4.69) is 55.6 Å². The van der Waals surface area contributed by atoms with Crippen molar-refractivity contribution in [3.8, 4) is 0 Å². The van der Waals surface area contributed by atoms with Crippen molar-refractivity contribution in [2.45, 2.75) is 91.3 Å². The molecular formula is C27H41ClFN5O. The molecule has 0 spiro atoms. The van der Waals surface area contributed by atoms with Gasteiger partial charge in [0.2, 0.25) is 11.9 Å². The SMILES string of the molecule is CCC[C@H](N[C@H]1CCCc2cc(Cl)cc(F)c21)C(=O)Nc1nccn1C(C)(C)CNCC(C)(C)C. The largest absolute Gasteiger partial charge is 0.314 e. The number of hydrogen-bond donors (Lipinski definition) is 3. The highest BCUT2D eigenvalue weighted by Gasteiger charge is 2.30. The van der Waals surface area contributed by atoms with E-state index in [1.54, 1.807) is 6.20 Å². The average molecular weight is 506 g/mol. The standard InChI is InChI=1S/C27H41ClFN5O/c1-7-9-22(32-21-11-8-10-18-14-19(28)15-20(29)23(18)21)24(35)33-25-31-12-13-34(25)27(5,6)17-30-16-26(2,3)4/h12-15,21-22,30,32H,7-11,16-17H2,1-6H3,(H,31,33,35)/t21-,22-/m0/s1. The Bertz CT molecular complexity index is 1010. The van der Waals surface area contributed by atoms with Gasteiger partial charge >= 0.3 is 0 Å². The van der Waals surface area contributed by atoms with Crippen LogP contribution in [0.25, 0.3) is 0 Å². The van der Waals surface area contributed by atoms with Gasteiger partial charge in [-0.05, 0) is 62.6 Å². The molecule has 35 heavy (non-hydrogen) atoms. The molecule has 0 aliphatic heterocycles. The number of imidazole rings is 1. The number of benzene rings is 1. The van der Waals surface area contributed by atoms with Gasteiger partial charge in [-0.15, -0.1) is 0 Å². The number of nitrogens with zero attached hydrogens (tertiary/aromatic N) is 2. The number of anilines is 1. The van der Waals surface area contributed by atoms with Gasteiger partial charge in [0.25, 0.3) is 0 Å². The van der Waals surface area contributed by atoms with Gasteiger partial charge in [0.05, 0.1) is 11.6 Å². The van der Waals surface area contributed by atoms with Gasteiger partial charge in [-0.3, -0.25) is 15.4 Å². The van der Waals surface area contributed by atoms with Gasteiger partial charge in [0.15, 0.2) is 0 Å². The molecule has 0 saturated carbocycles. The van der Waals surface area contributed by atoms with Gasteiger partial charge in [-0.1, -0.05) is 45.7 Å². The molecule has 1 aliphatic rings. The molecule has 3 rings (SSSR count). The lowest BCUT2D eigenvalue weighted by molar-refractivity contribution is -0.118. The van der Waals surface area contributed by atoms with Crippen molar-refractivity contribution >= 4 is 23.5 Å². The Labute approximate surface area is 214 Å². The number of amides is 1. The average Bonchev–Trinajstić information content (AvgIpc) is 3.21. The second-order valence-corrected chi connectivity index (χ2v) is 11.9. The van der Waals surface area contributed by atoms with Crippen LogP contribution in [-0.4, -0.2) is 34.6 Å². The monoisotopic (exact) mass is 505 g/mol. The summed E-state index contributed by atoms with van der Waals surface area (Å²) in [5.74, 6) is 0.0575. The molecule has 0 radical (unpaired) electrons. The van der Waals surface area contributed by atoms with Gasteiger partial charge in [0, 0.05) is 42.1 Å². The van der Waals surface area contributed by atoms with Crippen LogP contribution in [0.2, 0.25) is 5.02 Å². The number of rotatable bonds is 10. The molecule has 3 N–H and O–H groups in total. The van der Waals surface area contributed by atoms with Crippen LogP contribution in [0.3, 0.4) is 0 Å². The minimum Gasteiger partial charge on any atom is -0.314 e. The van der Waals surface area contributed by atoms with E-state index in [1.807, 2.05) is 23.8 Å². The van der Waals surface area contributed by atoms with E-state index in [1.165, 1.54) is 6.07 Å². The fourth-order valence-corrected chi connectivity index (χ4v) is 5.00. The van der Waals surface area contributed by atoms with Gasteiger partial charge < -0.3 is 9.88 Å². The zero-order chi connectivity index (χ0) is 25.8. The van der Waals surface area contributed by atoms with Crippen LogP contribution in [0.1, 0.15) is 84.4 Å². The Kier molecular flexibility index (Phi) is 9.00. The van der Waals surface area contributed by atoms with E-state index in [0.717, 1.165) is 44.3 Å². The third kappa shape index (κ3) is 7.28. The summed E-state index contributed by atoms with van der Waals surface area (Å²) in [6, 6.07) is 2.52. The molecule has 194 valence electrons. The van der Waals surface area contributed by atoms with E-state index in [-0.39, 0.29) is 28.7 Å². The molecule has 0 bridgehead atoms. The summed E-state index contributed by atoms with van der Waals surface area (Å²) in [6.45, 7) is 14.5. The highest BCUT2D eigenvalue weighted by atomic mass is 35.5. The summed E-state index contributed by atoms with van der Waals surface area (Å²) in [4.78, 5) is 17.8. The van der Waals surface area contributed by atoms with Gasteiger partial charge in [-0.25, -0.2) is 9.37 Å². The van der Waals surface area contributed by atoms with Crippen molar-refractivity contribution in [1.29, 1.82) is 0 Å². The lowest BCUT2D eigenvalue weighted by Gasteiger charge is -2.32. The van der Waals surface area contributed by atoms with Crippen molar-refractivity contribution in [2.24, 2.45) is 5.41 Å². The quantitative estimate of drug-likeness (QED) is 0.380. The lowest BCUT2D eigenvalue weighted by Crippen LogP contribution is -2.45. The number of aryl methyl sites for hydroxylation is 1. The first-order valence-electron chi connectivity index (χ1n) is 12.7. The van der Waals surface area contributed by atoms with Crippen molar-refractivity contribution in [2.75, 3.05) is 18.4 Å². The number of halogens is 2. The lowest BCUT2D eigenvalue weighted by atomic mass is 9.86. The molecule has 8 heteroatoms. The molecule has 0 saturated heterocycles.